The molecule has 0 aliphatic carbocycles. The number of rotatable bonds is 11. The van der Waals surface area contributed by atoms with Crippen molar-refractivity contribution in [3.63, 3.8) is 0 Å². The van der Waals surface area contributed by atoms with Crippen LogP contribution in [0.5, 0.6) is 0 Å². The van der Waals surface area contributed by atoms with Crippen molar-refractivity contribution in [3.8, 4) is 0 Å². The molecule has 5 nitrogen and oxygen atoms in total. The van der Waals surface area contributed by atoms with Crippen LogP contribution in [0, 0.1) is 6.92 Å². The second-order valence-corrected chi connectivity index (χ2v) is 6.53. The lowest BCUT2D eigenvalue weighted by molar-refractivity contribution is 0.554. The fraction of sp³-hybridized carbons (Fsp3) is 0.562. The van der Waals surface area contributed by atoms with Crippen molar-refractivity contribution < 1.29 is 0 Å². The molecule has 2 aromatic heterocycles. The molecule has 6 heteroatoms. The van der Waals surface area contributed by atoms with Gasteiger partial charge in [-0.25, -0.2) is 9.97 Å². The first kappa shape index (κ1) is 16.8. The van der Waals surface area contributed by atoms with Gasteiger partial charge in [-0.05, 0) is 49.3 Å². The maximum atomic E-state index is 4.30. The fourth-order valence-corrected chi connectivity index (χ4v) is 3.07. The Labute approximate surface area is 136 Å². The van der Waals surface area contributed by atoms with Crippen LogP contribution in [-0.4, -0.2) is 37.8 Å². The summed E-state index contributed by atoms with van der Waals surface area (Å²) in [6, 6.07) is 1.83. The lowest BCUT2D eigenvalue weighted by Gasteiger charge is -2.04. The van der Waals surface area contributed by atoms with E-state index in [1.165, 1.54) is 36.3 Å². The number of hydrogen-bond acceptors (Lipinski definition) is 5. The monoisotopic (exact) mass is 319 g/mol. The topological polar surface area (TPSA) is 55.6 Å². The maximum Gasteiger partial charge on any atom is 0.222 e. The van der Waals surface area contributed by atoms with E-state index in [4.69, 9.17) is 0 Å². The zero-order chi connectivity index (χ0) is 15.5. The molecule has 22 heavy (non-hydrogen) atoms. The van der Waals surface area contributed by atoms with Gasteiger partial charge in [-0.3, -0.25) is 4.68 Å². The lowest BCUT2D eigenvalue weighted by atomic mass is 10.2. The molecule has 1 N–H and O–H groups in total. The van der Waals surface area contributed by atoms with Crippen LogP contribution in [0.3, 0.4) is 0 Å². The highest BCUT2D eigenvalue weighted by Crippen LogP contribution is 2.09. The molecular formula is C16H25N5S. The molecule has 2 aromatic rings. The van der Waals surface area contributed by atoms with E-state index < -0.39 is 0 Å². The Bertz CT molecular complexity index is 514. The number of thioether (sulfide) groups is 1. The molecule has 0 saturated carbocycles. The van der Waals surface area contributed by atoms with Crippen molar-refractivity contribution in [2.45, 2.75) is 39.2 Å². The number of aromatic nitrogens is 4. The predicted molar refractivity (Wildman–Crippen MR) is 93.3 cm³/mol. The molecule has 0 atom stereocenters. The molecule has 2 heterocycles. The van der Waals surface area contributed by atoms with E-state index in [1.54, 1.807) is 12.4 Å². The van der Waals surface area contributed by atoms with Crippen LogP contribution >= 0.6 is 11.8 Å². The van der Waals surface area contributed by atoms with Gasteiger partial charge in [0, 0.05) is 31.7 Å². The maximum absolute atomic E-state index is 4.30. The standard InChI is InChI=1S/C16H25N5S/c1-15-13-20-21(14-15)10-3-2-4-11-22-12-6-9-19-16-17-7-5-8-18-16/h5,7-8,13-14H,2-4,6,9-12H2,1H3,(H,17,18,19). The number of anilines is 1. The first-order valence-corrected chi connectivity index (χ1v) is 9.08. The second-order valence-electron chi connectivity index (χ2n) is 5.31. The van der Waals surface area contributed by atoms with Crippen molar-refractivity contribution in [3.05, 3.63) is 36.4 Å². The Kier molecular flexibility index (Phi) is 7.80. The SMILES string of the molecule is Cc1cnn(CCCCCSCCCNc2ncccn2)c1. The van der Waals surface area contributed by atoms with E-state index in [0.29, 0.717) is 0 Å². The summed E-state index contributed by atoms with van der Waals surface area (Å²) in [7, 11) is 0. The quantitative estimate of drug-likeness (QED) is 0.643. The zero-order valence-electron chi connectivity index (χ0n) is 13.2. The minimum absolute atomic E-state index is 0.723. The Hall–Kier alpha value is -1.56. The van der Waals surface area contributed by atoms with Crippen LogP contribution in [0.1, 0.15) is 31.2 Å². The van der Waals surface area contributed by atoms with E-state index in [-0.39, 0.29) is 0 Å². The number of hydrogen-bond donors (Lipinski definition) is 1. The highest BCUT2D eigenvalue weighted by atomic mass is 32.2. The summed E-state index contributed by atoms with van der Waals surface area (Å²) in [4.78, 5) is 8.27. The summed E-state index contributed by atoms with van der Waals surface area (Å²) >= 11 is 2.04. The van der Waals surface area contributed by atoms with E-state index in [9.17, 15) is 0 Å². The molecule has 2 rings (SSSR count). The molecule has 0 fully saturated rings. The highest BCUT2D eigenvalue weighted by Gasteiger charge is 1.96. The minimum Gasteiger partial charge on any atom is -0.354 e. The first-order valence-electron chi connectivity index (χ1n) is 7.92. The van der Waals surface area contributed by atoms with Crippen molar-refractivity contribution in [2.75, 3.05) is 23.4 Å². The summed E-state index contributed by atoms with van der Waals surface area (Å²) in [5, 5.41) is 7.53. The summed E-state index contributed by atoms with van der Waals surface area (Å²) in [5.41, 5.74) is 1.24. The largest absolute Gasteiger partial charge is 0.354 e. The number of unbranched alkanes of at least 4 members (excludes halogenated alkanes) is 2. The average molecular weight is 319 g/mol. The minimum atomic E-state index is 0.723. The van der Waals surface area contributed by atoms with E-state index in [1.807, 2.05) is 28.7 Å². The lowest BCUT2D eigenvalue weighted by Crippen LogP contribution is -2.05. The summed E-state index contributed by atoms with van der Waals surface area (Å²) in [6.45, 7) is 4.06. The van der Waals surface area contributed by atoms with Crippen molar-refractivity contribution in [1.82, 2.24) is 19.7 Å². The third kappa shape index (κ3) is 6.93. The summed E-state index contributed by atoms with van der Waals surface area (Å²) in [5.74, 6) is 3.17. The van der Waals surface area contributed by atoms with Gasteiger partial charge in [-0.1, -0.05) is 6.42 Å². The fourth-order valence-electron chi connectivity index (χ4n) is 2.11. The second kappa shape index (κ2) is 10.2. The Morgan fingerprint density at radius 3 is 2.68 bits per heavy atom. The number of nitrogens with zero attached hydrogens (tertiary/aromatic N) is 4. The van der Waals surface area contributed by atoms with E-state index in [2.05, 4.69) is 33.5 Å². The van der Waals surface area contributed by atoms with Gasteiger partial charge >= 0.3 is 0 Å². The van der Waals surface area contributed by atoms with Gasteiger partial charge in [-0.2, -0.15) is 16.9 Å². The third-order valence-electron chi connectivity index (χ3n) is 3.25. The van der Waals surface area contributed by atoms with Gasteiger partial charge in [0.05, 0.1) is 6.20 Å². The molecule has 0 aliphatic heterocycles. The van der Waals surface area contributed by atoms with Crippen LogP contribution in [0.4, 0.5) is 5.95 Å². The van der Waals surface area contributed by atoms with Gasteiger partial charge in [0.2, 0.25) is 5.95 Å². The molecule has 0 radical (unpaired) electrons. The van der Waals surface area contributed by atoms with E-state index >= 15 is 0 Å². The van der Waals surface area contributed by atoms with Gasteiger partial charge in [-0.15, -0.1) is 0 Å². The van der Waals surface area contributed by atoms with E-state index in [0.717, 1.165) is 25.5 Å². The van der Waals surface area contributed by atoms with Gasteiger partial charge in [0.25, 0.3) is 0 Å². The third-order valence-corrected chi connectivity index (χ3v) is 4.41. The van der Waals surface area contributed by atoms with Crippen LogP contribution in [0.2, 0.25) is 0 Å². The zero-order valence-corrected chi connectivity index (χ0v) is 14.1. The molecule has 0 aliphatic rings. The molecule has 0 unspecified atom stereocenters. The molecule has 0 amide bonds. The Morgan fingerprint density at radius 2 is 1.91 bits per heavy atom. The van der Waals surface area contributed by atoms with Gasteiger partial charge < -0.3 is 5.32 Å². The van der Waals surface area contributed by atoms with Crippen molar-refractivity contribution in [1.29, 1.82) is 0 Å². The van der Waals surface area contributed by atoms with Gasteiger partial charge in [0.1, 0.15) is 0 Å². The summed E-state index contributed by atoms with van der Waals surface area (Å²) in [6.07, 6.45) is 12.5. The smallest absolute Gasteiger partial charge is 0.222 e. The normalized spacial score (nSPS) is 10.8. The highest BCUT2D eigenvalue weighted by molar-refractivity contribution is 7.99. The number of nitrogens with one attached hydrogen (secondary N) is 1. The molecule has 0 aromatic carbocycles. The molecule has 0 bridgehead atoms. The van der Waals surface area contributed by atoms with Crippen LogP contribution in [0.25, 0.3) is 0 Å². The predicted octanol–water partition coefficient (Wildman–Crippen LogP) is 3.39. The van der Waals surface area contributed by atoms with Crippen molar-refractivity contribution in [2.24, 2.45) is 0 Å². The van der Waals surface area contributed by atoms with Gasteiger partial charge in [0.15, 0.2) is 0 Å². The van der Waals surface area contributed by atoms with Crippen LogP contribution in [0.15, 0.2) is 30.9 Å². The molecule has 120 valence electrons. The van der Waals surface area contributed by atoms with Crippen LogP contribution < -0.4 is 5.32 Å². The molecule has 0 spiro atoms. The number of aryl methyl sites for hydroxylation is 2. The Balaban J connectivity index is 1.37. The molecule has 0 saturated heterocycles. The molecular weight excluding hydrogens is 294 g/mol. The first-order chi connectivity index (χ1) is 10.8. The van der Waals surface area contributed by atoms with Crippen molar-refractivity contribution >= 4 is 17.7 Å². The summed E-state index contributed by atoms with van der Waals surface area (Å²) < 4.78 is 2.04. The average Bonchev–Trinajstić information content (AvgIpc) is 2.95. The Morgan fingerprint density at radius 1 is 1.09 bits per heavy atom. The van der Waals surface area contributed by atoms with Crippen LogP contribution in [-0.2, 0) is 6.54 Å².